The highest BCUT2D eigenvalue weighted by Gasteiger charge is 2.45. The van der Waals surface area contributed by atoms with Gasteiger partial charge in [0, 0.05) is 13.0 Å². The molecular weight excluding hydrogens is 560 g/mol. The van der Waals surface area contributed by atoms with Crippen molar-refractivity contribution in [3.05, 3.63) is 54.0 Å². The summed E-state index contributed by atoms with van der Waals surface area (Å²) in [6, 6.07) is 6.74. The Labute approximate surface area is 249 Å². The predicted octanol–water partition coefficient (Wildman–Crippen LogP) is 1.79. The zero-order chi connectivity index (χ0) is 31.4. The third kappa shape index (κ3) is 9.57. The number of hydrogen-bond acceptors (Lipinski definition) is 8. The lowest BCUT2D eigenvalue weighted by Gasteiger charge is -2.32. The number of furan rings is 1. The number of aromatic hydroxyl groups is 1. The molecule has 13 heteroatoms. The molecule has 13 nitrogen and oxygen atoms in total. The predicted molar refractivity (Wildman–Crippen MR) is 154 cm³/mol. The van der Waals surface area contributed by atoms with E-state index in [0.29, 0.717) is 50.6 Å². The molecule has 2 aromatic rings. The number of rotatable bonds is 17. The SMILES string of the molecule is NCCCC[C@H](NC(=O)c1ccco1)C(=O)NCC(CC1(C(=O)N[C@@H](Cc2ccc(O)cc2)C(=O)O)CCCC1)C(=O)O. The average Bonchev–Trinajstić information content (AvgIpc) is 3.69. The summed E-state index contributed by atoms with van der Waals surface area (Å²) in [7, 11) is 0. The van der Waals surface area contributed by atoms with E-state index in [1.807, 2.05) is 0 Å². The summed E-state index contributed by atoms with van der Waals surface area (Å²) in [5.41, 5.74) is 5.04. The number of phenolic OH excluding ortho intramolecular Hbond substituents is 1. The van der Waals surface area contributed by atoms with Crippen LogP contribution in [0.2, 0.25) is 0 Å². The molecule has 1 saturated carbocycles. The van der Waals surface area contributed by atoms with Gasteiger partial charge < -0.3 is 41.4 Å². The van der Waals surface area contributed by atoms with Gasteiger partial charge >= 0.3 is 11.9 Å². The number of nitrogens with one attached hydrogen (secondary N) is 3. The van der Waals surface area contributed by atoms with Gasteiger partial charge in [-0.25, -0.2) is 4.79 Å². The van der Waals surface area contributed by atoms with Crippen LogP contribution in [-0.2, 0) is 25.6 Å². The molecule has 1 aliphatic carbocycles. The Balaban J connectivity index is 1.68. The molecule has 1 fully saturated rings. The lowest BCUT2D eigenvalue weighted by atomic mass is 9.76. The fourth-order valence-corrected chi connectivity index (χ4v) is 5.42. The van der Waals surface area contributed by atoms with Crippen LogP contribution >= 0.6 is 0 Å². The molecule has 0 aliphatic heterocycles. The molecule has 0 spiro atoms. The van der Waals surface area contributed by atoms with Crippen LogP contribution in [0.4, 0.5) is 0 Å². The summed E-state index contributed by atoms with van der Waals surface area (Å²) in [6.45, 7) is 0.118. The third-order valence-corrected chi connectivity index (χ3v) is 7.84. The summed E-state index contributed by atoms with van der Waals surface area (Å²) in [5.74, 6) is -5.25. The molecule has 234 valence electrons. The molecule has 1 aliphatic rings. The largest absolute Gasteiger partial charge is 0.508 e. The molecule has 3 amide bonds. The van der Waals surface area contributed by atoms with Crippen molar-refractivity contribution in [1.82, 2.24) is 16.0 Å². The van der Waals surface area contributed by atoms with Crippen molar-refractivity contribution in [3.63, 3.8) is 0 Å². The number of carboxylic acids is 2. The van der Waals surface area contributed by atoms with Crippen molar-refractivity contribution in [2.45, 2.75) is 69.9 Å². The quantitative estimate of drug-likeness (QED) is 0.130. The summed E-state index contributed by atoms with van der Waals surface area (Å²) >= 11 is 0. The molecule has 1 aromatic carbocycles. The van der Waals surface area contributed by atoms with Gasteiger partial charge in [0.05, 0.1) is 17.6 Å². The van der Waals surface area contributed by atoms with E-state index in [-0.39, 0.29) is 37.3 Å². The topological polar surface area (TPSA) is 221 Å². The minimum Gasteiger partial charge on any atom is -0.508 e. The number of aliphatic carboxylic acids is 2. The Morgan fingerprint density at radius 1 is 0.930 bits per heavy atom. The molecule has 1 heterocycles. The highest BCUT2D eigenvalue weighted by atomic mass is 16.4. The van der Waals surface area contributed by atoms with Gasteiger partial charge in [0.15, 0.2) is 5.76 Å². The Hall–Kier alpha value is -4.39. The fraction of sp³-hybridized carbons (Fsp3) is 0.500. The number of nitrogens with two attached hydrogens (primary N) is 1. The van der Waals surface area contributed by atoms with Crippen molar-refractivity contribution in [3.8, 4) is 5.75 Å². The van der Waals surface area contributed by atoms with E-state index < -0.39 is 53.1 Å². The van der Waals surface area contributed by atoms with Gasteiger partial charge in [0.25, 0.3) is 5.91 Å². The zero-order valence-electron chi connectivity index (χ0n) is 23.9. The van der Waals surface area contributed by atoms with Gasteiger partial charge in [0.2, 0.25) is 11.8 Å². The highest BCUT2D eigenvalue weighted by molar-refractivity contribution is 5.95. The first-order valence-electron chi connectivity index (χ1n) is 14.4. The van der Waals surface area contributed by atoms with Gasteiger partial charge in [-0.05, 0) is 74.9 Å². The van der Waals surface area contributed by atoms with Gasteiger partial charge in [-0.2, -0.15) is 0 Å². The normalized spacial score (nSPS) is 16.0. The van der Waals surface area contributed by atoms with E-state index in [1.54, 1.807) is 12.1 Å². The van der Waals surface area contributed by atoms with Crippen molar-refractivity contribution in [1.29, 1.82) is 0 Å². The number of phenols is 1. The smallest absolute Gasteiger partial charge is 0.326 e. The van der Waals surface area contributed by atoms with E-state index in [2.05, 4.69) is 16.0 Å². The highest BCUT2D eigenvalue weighted by Crippen LogP contribution is 2.43. The second kappa shape index (κ2) is 15.7. The summed E-state index contributed by atoms with van der Waals surface area (Å²) in [5, 5.41) is 37.2. The Kier molecular flexibility index (Phi) is 12.1. The first-order chi connectivity index (χ1) is 20.5. The standard InChI is InChI=1S/C30H40N4O9/c31-14-4-1-6-22(33-26(37)24-7-5-15-43-24)25(36)32-18-20(27(38)39)17-30(12-2-3-13-30)29(42)34-23(28(40)41)16-19-8-10-21(35)11-9-19/h5,7-11,15,20,22-23,35H,1-4,6,12-14,16-18,31H2,(H,32,36)(H,33,37)(H,34,42)(H,38,39)(H,40,41)/t20?,22-,23-/m0/s1. The van der Waals surface area contributed by atoms with Crippen LogP contribution in [-0.4, -0.2) is 70.2 Å². The maximum Gasteiger partial charge on any atom is 0.326 e. The molecule has 0 radical (unpaired) electrons. The molecule has 3 rings (SSSR count). The van der Waals surface area contributed by atoms with Crippen LogP contribution in [0.1, 0.15) is 67.5 Å². The first-order valence-corrected chi connectivity index (χ1v) is 14.4. The summed E-state index contributed by atoms with van der Waals surface area (Å²) < 4.78 is 5.09. The average molecular weight is 601 g/mol. The van der Waals surface area contributed by atoms with Crippen LogP contribution < -0.4 is 21.7 Å². The molecule has 0 saturated heterocycles. The Morgan fingerprint density at radius 3 is 2.21 bits per heavy atom. The van der Waals surface area contributed by atoms with Crippen LogP contribution in [0.5, 0.6) is 5.75 Å². The lowest BCUT2D eigenvalue weighted by Crippen LogP contribution is -2.51. The second-order valence-electron chi connectivity index (χ2n) is 11.0. The molecule has 0 bridgehead atoms. The third-order valence-electron chi connectivity index (χ3n) is 7.84. The maximum atomic E-state index is 13.6. The Bertz CT molecular complexity index is 1240. The van der Waals surface area contributed by atoms with Crippen molar-refractivity contribution >= 4 is 29.7 Å². The number of benzene rings is 1. The number of amides is 3. The minimum atomic E-state index is -1.26. The number of carboxylic acid groups (broad SMARTS) is 2. The van der Waals surface area contributed by atoms with Crippen LogP contribution in [0.15, 0.2) is 47.1 Å². The monoisotopic (exact) mass is 600 g/mol. The van der Waals surface area contributed by atoms with Crippen LogP contribution in [0.3, 0.4) is 0 Å². The number of unbranched alkanes of at least 4 members (excludes halogenated alkanes) is 1. The minimum absolute atomic E-state index is 0.0227. The van der Waals surface area contributed by atoms with Crippen LogP contribution in [0.25, 0.3) is 0 Å². The number of carbonyl (C=O) groups is 5. The summed E-state index contributed by atoms with van der Waals surface area (Å²) in [4.78, 5) is 63.4. The molecular formula is C30H40N4O9. The fourth-order valence-electron chi connectivity index (χ4n) is 5.42. The number of carbonyl (C=O) groups excluding carboxylic acids is 3. The number of hydrogen-bond donors (Lipinski definition) is 7. The van der Waals surface area contributed by atoms with Gasteiger partial charge in [-0.1, -0.05) is 25.0 Å². The molecule has 8 N–H and O–H groups in total. The lowest BCUT2D eigenvalue weighted by molar-refractivity contribution is -0.147. The van der Waals surface area contributed by atoms with Gasteiger partial charge in [0.1, 0.15) is 17.8 Å². The van der Waals surface area contributed by atoms with Gasteiger partial charge in [-0.15, -0.1) is 0 Å². The van der Waals surface area contributed by atoms with E-state index >= 15 is 0 Å². The van der Waals surface area contributed by atoms with Gasteiger partial charge in [-0.3, -0.25) is 19.2 Å². The van der Waals surface area contributed by atoms with E-state index in [1.165, 1.54) is 30.5 Å². The van der Waals surface area contributed by atoms with E-state index in [9.17, 15) is 39.3 Å². The van der Waals surface area contributed by atoms with Crippen molar-refractivity contribution in [2.24, 2.45) is 17.1 Å². The zero-order valence-corrected chi connectivity index (χ0v) is 23.9. The van der Waals surface area contributed by atoms with Crippen molar-refractivity contribution < 1.29 is 43.7 Å². The van der Waals surface area contributed by atoms with Crippen LogP contribution in [0, 0.1) is 11.3 Å². The van der Waals surface area contributed by atoms with E-state index in [0.717, 1.165) is 0 Å². The molecule has 43 heavy (non-hydrogen) atoms. The molecule has 3 atom stereocenters. The molecule has 1 aromatic heterocycles. The van der Waals surface area contributed by atoms with E-state index in [4.69, 9.17) is 10.2 Å². The van der Waals surface area contributed by atoms with Crippen molar-refractivity contribution in [2.75, 3.05) is 13.1 Å². The maximum absolute atomic E-state index is 13.6. The summed E-state index contributed by atoms with van der Waals surface area (Å²) in [6.07, 6.45) is 4.75. The second-order valence-corrected chi connectivity index (χ2v) is 11.0. The Morgan fingerprint density at radius 2 is 1.63 bits per heavy atom. The first kappa shape index (κ1) is 33.1. The molecule has 1 unspecified atom stereocenters.